The molecule has 0 radical (unpaired) electrons. The third kappa shape index (κ3) is 6.69. The largest absolute Gasteiger partial charge is 0.452 e. The summed E-state index contributed by atoms with van der Waals surface area (Å²) >= 11 is 0. The van der Waals surface area contributed by atoms with E-state index in [0.717, 1.165) is 36.6 Å². The molecule has 1 fully saturated rings. The lowest BCUT2D eigenvalue weighted by molar-refractivity contribution is -0.153. The number of alkyl halides is 6. The standard InChI is InChI=1S/C23H23F6NO5S/c1-22(26,21(24)25)35-19-8-7-17(36(2,32)33)11-18(19)20(31)30-10-9-16(12-30)34-13-14-3-5-15(6-4-14)23(27,28)29/h3-8,11,16,21H,9-10,12-13H2,1-2H3/t16?,22-/m1/s1. The Bertz CT molecular complexity index is 1200. The molecular weight excluding hydrogens is 516 g/mol. The van der Waals surface area contributed by atoms with Gasteiger partial charge < -0.3 is 14.4 Å². The van der Waals surface area contributed by atoms with Crippen molar-refractivity contribution in [2.45, 2.75) is 49.4 Å². The van der Waals surface area contributed by atoms with E-state index in [0.29, 0.717) is 18.9 Å². The predicted molar refractivity (Wildman–Crippen MR) is 116 cm³/mol. The number of ether oxygens (including phenoxy) is 2. The number of likely N-dealkylation sites (tertiary alicyclic amines) is 1. The van der Waals surface area contributed by atoms with E-state index in [1.807, 2.05) is 0 Å². The summed E-state index contributed by atoms with van der Waals surface area (Å²) in [5.74, 6) is -4.76. The van der Waals surface area contributed by atoms with Gasteiger partial charge in [-0.3, -0.25) is 4.79 Å². The van der Waals surface area contributed by atoms with Gasteiger partial charge in [0.1, 0.15) is 5.75 Å². The second-order valence-corrected chi connectivity index (χ2v) is 10.5. The summed E-state index contributed by atoms with van der Waals surface area (Å²) in [6, 6.07) is 7.30. The summed E-state index contributed by atoms with van der Waals surface area (Å²) in [4.78, 5) is 14.1. The van der Waals surface area contributed by atoms with Crippen LogP contribution in [0.25, 0.3) is 0 Å². The fraction of sp³-hybridized carbons (Fsp3) is 0.435. The smallest absolute Gasteiger partial charge is 0.416 e. The molecule has 1 heterocycles. The van der Waals surface area contributed by atoms with Crippen LogP contribution in [-0.4, -0.2) is 57.0 Å². The van der Waals surface area contributed by atoms with Crippen LogP contribution in [0.4, 0.5) is 26.3 Å². The number of rotatable bonds is 8. The first kappa shape index (κ1) is 27.8. The van der Waals surface area contributed by atoms with Gasteiger partial charge in [0.15, 0.2) is 9.84 Å². The lowest BCUT2D eigenvalue weighted by Gasteiger charge is -2.24. The van der Waals surface area contributed by atoms with Crippen LogP contribution < -0.4 is 4.74 Å². The average Bonchev–Trinajstić information content (AvgIpc) is 3.25. The maximum absolute atomic E-state index is 14.2. The molecule has 0 spiro atoms. The van der Waals surface area contributed by atoms with E-state index in [1.54, 1.807) is 0 Å². The van der Waals surface area contributed by atoms with Gasteiger partial charge >= 0.3 is 18.5 Å². The van der Waals surface area contributed by atoms with Crippen molar-refractivity contribution in [2.75, 3.05) is 19.3 Å². The molecule has 1 amide bonds. The number of amides is 1. The molecule has 13 heteroatoms. The normalized spacial score (nSPS) is 18.4. The summed E-state index contributed by atoms with van der Waals surface area (Å²) in [5.41, 5.74) is -0.723. The number of benzene rings is 2. The Hall–Kier alpha value is -2.80. The number of carbonyl (C=O) groups excluding carboxylic acids is 1. The zero-order valence-corrected chi connectivity index (χ0v) is 20.0. The van der Waals surface area contributed by atoms with Gasteiger partial charge in [-0.15, -0.1) is 0 Å². The first-order chi connectivity index (χ1) is 16.6. The van der Waals surface area contributed by atoms with Gasteiger partial charge in [0.2, 0.25) is 0 Å². The average molecular weight is 539 g/mol. The number of nitrogens with zero attached hydrogens (tertiary/aromatic N) is 1. The van der Waals surface area contributed by atoms with Gasteiger partial charge in [-0.2, -0.15) is 17.6 Å². The molecule has 0 aromatic heterocycles. The summed E-state index contributed by atoms with van der Waals surface area (Å²) in [7, 11) is -3.78. The van der Waals surface area contributed by atoms with Crippen molar-refractivity contribution >= 4 is 15.7 Å². The van der Waals surface area contributed by atoms with Crippen molar-refractivity contribution in [1.82, 2.24) is 4.90 Å². The fourth-order valence-electron chi connectivity index (χ4n) is 3.48. The van der Waals surface area contributed by atoms with Crippen LogP contribution in [0.5, 0.6) is 5.75 Å². The number of carbonyl (C=O) groups is 1. The lowest BCUT2D eigenvalue weighted by atomic mass is 10.1. The van der Waals surface area contributed by atoms with E-state index in [-0.39, 0.29) is 24.6 Å². The molecular formula is C23H23F6NO5S. The highest BCUT2D eigenvalue weighted by Crippen LogP contribution is 2.32. The Kier molecular flexibility index (Phi) is 7.94. The minimum atomic E-state index is -4.46. The highest BCUT2D eigenvalue weighted by molar-refractivity contribution is 7.90. The molecule has 0 bridgehead atoms. The Morgan fingerprint density at radius 1 is 1.11 bits per heavy atom. The first-order valence-electron chi connectivity index (χ1n) is 10.6. The molecule has 3 rings (SSSR count). The molecule has 2 atom stereocenters. The molecule has 0 saturated carbocycles. The van der Waals surface area contributed by atoms with Crippen LogP contribution in [0.3, 0.4) is 0 Å². The maximum Gasteiger partial charge on any atom is 0.416 e. The highest BCUT2D eigenvalue weighted by atomic mass is 32.2. The molecule has 2 aromatic rings. The van der Waals surface area contributed by atoms with Crippen molar-refractivity contribution < 1.29 is 49.0 Å². The first-order valence-corrected chi connectivity index (χ1v) is 12.5. The second kappa shape index (κ2) is 10.3. The molecule has 36 heavy (non-hydrogen) atoms. The van der Waals surface area contributed by atoms with E-state index >= 15 is 0 Å². The summed E-state index contributed by atoms with van der Waals surface area (Å²) < 4.78 is 113. The van der Waals surface area contributed by atoms with E-state index in [2.05, 4.69) is 0 Å². The molecule has 1 saturated heterocycles. The van der Waals surface area contributed by atoms with Crippen LogP contribution in [0.15, 0.2) is 47.4 Å². The topological polar surface area (TPSA) is 72.9 Å². The van der Waals surface area contributed by atoms with Gasteiger partial charge in [-0.05, 0) is 42.3 Å². The molecule has 6 nitrogen and oxygen atoms in total. The van der Waals surface area contributed by atoms with Crippen LogP contribution >= 0.6 is 0 Å². The SMILES string of the molecule is C[C@@](F)(Oc1ccc(S(C)(=O)=O)cc1C(=O)N1CCC(OCc2ccc(C(F)(F)F)cc2)C1)C(F)F. The number of sulfone groups is 1. The van der Waals surface area contributed by atoms with Crippen LogP contribution in [0.1, 0.15) is 34.8 Å². The van der Waals surface area contributed by atoms with Crippen molar-refractivity contribution in [3.63, 3.8) is 0 Å². The predicted octanol–water partition coefficient (Wildman–Crippen LogP) is 4.87. The molecule has 2 aromatic carbocycles. The van der Waals surface area contributed by atoms with Crippen LogP contribution in [0, 0.1) is 0 Å². The van der Waals surface area contributed by atoms with Crippen molar-refractivity contribution in [1.29, 1.82) is 0 Å². The van der Waals surface area contributed by atoms with Gasteiger partial charge in [0.05, 0.1) is 28.7 Å². The molecule has 0 aliphatic carbocycles. The summed E-state index contributed by atoms with van der Waals surface area (Å²) in [6.45, 7) is 0.652. The minimum Gasteiger partial charge on any atom is -0.452 e. The molecule has 1 aliphatic rings. The Morgan fingerprint density at radius 2 is 1.75 bits per heavy atom. The molecule has 1 aliphatic heterocycles. The monoisotopic (exact) mass is 539 g/mol. The van der Waals surface area contributed by atoms with Gasteiger partial charge in [0.25, 0.3) is 5.91 Å². The van der Waals surface area contributed by atoms with Crippen molar-refractivity contribution in [3.05, 3.63) is 59.2 Å². The highest BCUT2D eigenvalue weighted by Gasteiger charge is 2.39. The second-order valence-electron chi connectivity index (χ2n) is 8.49. The minimum absolute atomic E-state index is 0.0165. The van der Waals surface area contributed by atoms with Gasteiger partial charge in [-0.1, -0.05) is 12.1 Å². The zero-order valence-electron chi connectivity index (χ0n) is 19.2. The van der Waals surface area contributed by atoms with Crippen molar-refractivity contribution in [3.8, 4) is 5.75 Å². The third-order valence-electron chi connectivity index (χ3n) is 5.51. The zero-order chi connectivity index (χ0) is 26.9. The number of hydrogen-bond acceptors (Lipinski definition) is 5. The maximum atomic E-state index is 14.2. The van der Waals surface area contributed by atoms with E-state index in [4.69, 9.17) is 9.47 Å². The number of hydrogen-bond donors (Lipinski definition) is 0. The molecule has 0 N–H and O–H groups in total. The Balaban J connectivity index is 1.73. The van der Waals surface area contributed by atoms with Crippen LogP contribution in [-0.2, 0) is 27.4 Å². The summed E-state index contributed by atoms with van der Waals surface area (Å²) in [5, 5.41) is 0. The van der Waals surface area contributed by atoms with Gasteiger partial charge in [-0.25, -0.2) is 17.2 Å². The Morgan fingerprint density at radius 3 is 2.31 bits per heavy atom. The van der Waals surface area contributed by atoms with Crippen molar-refractivity contribution in [2.24, 2.45) is 0 Å². The van der Waals surface area contributed by atoms with E-state index in [1.165, 1.54) is 17.0 Å². The van der Waals surface area contributed by atoms with Gasteiger partial charge in [0, 0.05) is 26.3 Å². The molecule has 1 unspecified atom stereocenters. The fourth-order valence-corrected chi connectivity index (χ4v) is 4.13. The molecule has 198 valence electrons. The third-order valence-corrected chi connectivity index (χ3v) is 6.62. The van der Waals surface area contributed by atoms with E-state index in [9.17, 15) is 39.6 Å². The lowest BCUT2D eigenvalue weighted by Crippen LogP contribution is -2.36. The summed E-state index contributed by atoms with van der Waals surface area (Å²) in [6.07, 6.45) is -7.25. The Labute approximate surface area is 203 Å². The quantitative estimate of drug-likeness (QED) is 0.448. The number of halogens is 6. The van der Waals surface area contributed by atoms with E-state index < -0.39 is 57.2 Å². The van der Waals surface area contributed by atoms with Crippen LogP contribution in [0.2, 0.25) is 0 Å².